The number of esters is 1. The highest BCUT2D eigenvalue weighted by Gasteiger charge is 2.38. The number of carbonyl (C=O) groups is 3. The molecule has 0 spiro atoms. The summed E-state index contributed by atoms with van der Waals surface area (Å²) in [6, 6.07) is 6.15. The number of urea groups is 1. The summed E-state index contributed by atoms with van der Waals surface area (Å²) in [6.07, 6.45) is -0.334. The van der Waals surface area contributed by atoms with Crippen LogP contribution in [0.25, 0.3) is 0 Å². The minimum absolute atomic E-state index is 0.0182. The van der Waals surface area contributed by atoms with Gasteiger partial charge < -0.3 is 25.0 Å². The van der Waals surface area contributed by atoms with Crippen LogP contribution in [0.3, 0.4) is 0 Å². The maximum atomic E-state index is 13.3. The number of aliphatic carboxylic acids is 1. The molecule has 2 amide bonds. The number of nitrogens with one attached hydrogen (secondary N) is 1. The minimum Gasteiger partial charge on any atom is -0.475 e. The van der Waals surface area contributed by atoms with Gasteiger partial charge in [0.05, 0.1) is 25.5 Å². The molecule has 1 fully saturated rings. The van der Waals surface area contributed by atoms with Crippen LogP contribution in [-0.4, -0.2) is 76.9 Å². The number of piperazine rings is 1. The molecule has 1 aromatic heterocycles. The van der Waals surface area contributed by atoms with E-state index in [9.17, 15) is 22.8 Å². The van der Waals surface area contributed by atoms with E-state index in [-0.39, 0.29) is 23.7 Å². The Kier molecular flexibility index (Phi) is 11.1. The molecule has 2 N–H and O–H groups in total. The van der Waals surface area contributed by atoms with Gasteiger partial charge in [0.1, 0.15) is 5.82 Å². The lowest BCUT2D eigenvalue weighted by Crippen LogP contribution is -2.58. The Balaban J connectivity index is 0.000000673. The molecule has 0 bridgehead atoms. The number of carboxylic acids is 1. The summed E-state index contributed by atoms with van der Waals surface area (Å²) in [5, 5.41) is 10.3. The molecule has 0 aliphatic carbocycles. The number of hydrogen-bond donors (Lipinski definition) is 2. The van der Waals surface area contributed by atoms with Gasteiger partial charge in [-0.1, -0.05) is 45.9 Å². The number of aromatic nitrogens is 2. The van der Waals surface area contributed by atoms with Crippen LogP contribution in [0, 0.1) is 5.92 Å². The van der Waals surface area contributed by atoms with Crippen LogP contribution in [-0.2, 0) is 22.4 Å². The Morgan fingerprint density at radius 1 is 1.10 bits per heavy atom. The van der Waals surface area contributed by atoms with Crippen molar-refractivity contribution in [2.75, 3.05) is 37.0 Å². The van der Waals surface area contributed by atoms with Gasteiger partial charge in [0.15, 0.2) is 5.69 Å². The van der Waals surface area contributed by atoms with E-state index < -0.39 is 18.1 Å². The number of para-hydroxylation sites is 1. The van der Waals surface area contributed by atoms with Crippen molar-refractivity contribution in [2.24, 2.45) is 5.92 Å². The lowest BCUT2D eigenvalue weighted by molar-refractivity contribution is -0.192. The predicted octanol–water partition coefficient (Wildman–Crippen LogP) is 4.40. The van der Waals surface area contributed by atoms with Crippen LogP contribution >= 0.6 is 0 Å². The normalized spacial score (nSPS) is 15.4. The number of carboxylic acid groups (broad SMARTS) is 1. The molecular weight excluding hydrogens is 519 g/mol. The summed E-state index contributed by atoms with van der Waals surface area (Å²) < 4.78 is 36.4. The van der Waals surface area contributed by atoms with Gasteiger partial charge in [-0.2, -0.15) is 13.2 Å². The molecule has 1 aliphatic rings. The number of benzene rings is 1. The molecule has 1 saturated heterocycles. The maximum Gasteiger partial charge on any atom is 0.490 e. The number of alkyl halides is 3. The van der Waals surface area contributed by atoms with Crippen molar-refractivity contribution in [1.29, 1.82) is 0 Å². The number of rotatable bonds is 6. The molecule has 1 unspecified atom stereocenters. The summed E-state index contributed by atoms with van der Waals surface area (Å²) in [5.74, 6) is -2.32. The standard InChI is InChI=1S/C24H33N5O3.C2HF3O2/c1-6-17-9-8-10-18(7-2)22(17)27-24(31)29-12-11-28(15-20(29)16(3)4)21-14-25-19(13-26-21)23(30)32-5;3-2(4,5)1(6)7/h8-10,13-14,16,20H,6-7,11-12,15H2,1-5H3,(H,27,31);(H,6,7). The smallest absolute Gasteiger partial charge is 0.475 e. The van der Waals surface area contributed by atoms with Gasteiger partial charge in [0.2, 0.25) is 0 Å². The van der Waals surface area contributed by atoms with Gasteiger partial charge in [-0.3, -0.25) is 0 Å². The molecule has 214 valence electrons. The summed E-state index contributed by atoms with van der Waals surface area (Å²) in [7, 11) is 1.32. The van der Waals surface area contributed by atoms with E-state index in [0.29, 0.717) is 25.5 Å². The fourth-order valence-electron chi connectivity index (χ4n) is 4.12. The molecule has 1 atom stereocenters. The van der Waals surface area contributed by atoms with Gasteiger partial charge in [0, 0.05) is 25.3 Å². The van der Waals surface area contributed by atoms with Crippen molar-refractivity contribution in [1.82, 2.24) is 14.9 Å². The fraction of sp³-hybridized carbons (Fsp3) is 0.500. The summed E-state index contributed by atoms with van der Waals surface area (Å²) in [4.78, 5) is 46.4. The van der Waals surface area contributed by atoms with Crippen LogP contribution in [0.1, 0.15) is 49.3 Å². The zero-order valence-electron chi connectivity index (χ0n) is 22.6. The number of amides is 2. The predicted molar refractivity (Wildman–Crippen MR) is 139 cm³/mol. The highest BCUT2D eigenvalue weighted by Crippen LogP contribution is 2.26. The molecule has 1 aliphatic heterocycles. The van der Waals surface area contributed by atoms with Crippen molar-refractivity contribution in [3.05, 3.63) is 47.4 Å². The number of nitrogens with zero attached hydrogens (tertiary/aromatic N) is 4. The minimum atomic E-state index is -5.08. The molecule has 1 aromatic carbocycles. The van der Waals surface area contributed by atoms with E-state index in [0.717, 1.165) is 29.7 Å². The van der Waals surface area contributed by atoms with Crippen LogP contribution in [0.4, 0.5) is 29.5 Å². The second-order valence-corrected chi connectivity index (χ2v) is 9.09. The Hall–Kier alpha value is -3.90. The van der Waals surface area contributed by atoms with Crippen molar-refractivity contribution in [3.63, 3.8) is 0 Å². The van der Waals surface area contributed by atoms with Crippen LogP contribution in [0.15, 0.2) is 30.6 Å². The van der Waals surface area contributed by atoms with E-state index in [1.54, 1.807) is 6.20 Å². The van der Waals surface area contributed by atoms with E-state index in [1.807, 2.05) is 4.90 Å². The van der Waals surface area contributed by atoms with Gasteiger partial charge in [0.25, 0.3) is 0 Å². The highest BCUT2D eigenvalue weighted by molar-refractivity contribution is 5.91. The fourth-order valence-corrected chi connectivity index (χ4v) is 4.12. The van der Waals surface area contributed by atoms with Crippen molar-refractivity contribution >= 4 is 29.5 Å². The van der Waals surface area contributed by atoms with E-state index >= 15 is 0 Å². The molecule has 0 saturated carbocycles. The molecule has 2 aromatic rings. The first kappa shape index (κ1) is 31.3. The van der Waals surface area contributed by atoms with Crippen LogP contribution < -0.4 is 10.2 Å². The third kappa shape index (κ3) is 8.29. The highest BCUT2D eigenvalue weighted by atomic mass is 19.4. The molecule has 13 heteroatoms. The lowest BCUT2D eigenvalue weighted by atomic mass is 9.99. The van der Waals surface area contributed by atoms with E-state index in [4.69, 9.17) is 9.90 Å². The van der Waals surface area contributed by atoms with Gasteiger partial charge in [-0.05, 0) is 29.9 Å². The first-order chi connectivity index (χ1) is 18.3. The molecule has 0 radical (unpaired) electrons. The SMILES string of the molecule is CCc1cccc(CC)c1NC(=O)N1CCN(c2cnc(C(=O)OC)cn2)CC1C(C)C.O=C(O)C(F)(F)F. The quantitative estimate of drug-likeness (QED) is 0.505. The summed E-state index contributed by atoms with van der Waals surface area (Å²) >= 11 is 0. The second-order valence-electron chi connectivity index (χ2n) is 9.09. The Morgan fingerprint density at radius 2 is 1.69 bits per heavy atom. The maximum absolute atomic E-state index is 13.3. The van der Waals surface area contributed by atoms with Gasteiger partial charge in [-0.25, -0.2) is 24.4 Å². The summed E-state index contributed by atoms with van der Waals surface area (Å²) in [5.41, 5.74) is 3.42. The number of carbonyl (C=O) groups excluding carboxylic acids is 2. The van der Waals surface area contributed by atoms with Crippen molar-refractivity contribution in [2.45, 2.75) is 52.8 Å². The van der Waals surface area contributed by atoms with Crippen LogP contribution in [0.5, 0.6) is 0 Å². The van der Waals surface area contributed by atoms with Gasteiger partial charge in [-0.15, -0.1) is 0 Å². The van der Waals surface area contributed by atoms with Crippen LogP contribution in [0.2, 0.25) is 0 Å². The molecule has 39 heavy (non-hydrogen) atoms. The number of hydrogen-bond acceptors (Lipinski definition) is 7. The largest absolute Gasteiger partial charge is 0.490 e. The average Bonchev–Trinajstić information content (AvgIpc) is 2.92. The molecule has 2 heterocycles. The number of ether oxygens (including phenoxy) is 1. The number of aryl methyl sites for hydroxylation is 2. The Bertz CT molecular complexity index is 1120. The van der Waals surface area contributed by atoms with E-state index in [1.165, 1.54) is 13.3 Å². The number of anilines is 2. The average molecular weight is 554 g/mol. The lowest BCUT2D eigenvalue weighted by Gasteiger charge is -2.43. The Morgan fingerprint density at radius 3 is 2.13 bits per heavy atom. The second kappa shape index (κ2) is 13.8. The first-order valence-electron chi connectivity index (χ1n) is 12.5. The molecule has 3 rings (SSSR count). The third-order valence-corrected chi connectivity index (χ3v) is 6.28. The van der Waals surface area contributed by atoms with E-state index in [2.05, 4.69) is 70.8 Å². The third-order valence-electron chi connectivity index (χ3n) is 6.28. The molecule has 10 nitrogen and oxygen atoms in total. The monoisotopic (exact) mass is 553 g/mol. The first-order valence-corrected chi connectivity index (χ1v) is 12.5. The Labute approximate surface area is 225 Å². The topological polar surface area (TPSA) is 125 Å². The van der Waals surface area contributed by atoms with Gasteiger partial charge >= 0.3 is 24.1 Å². The summed E-state index contributed by atoms with van der Waals surface area (Å²) in [6.45, 7) is 10.3. The zero-order chi connectivity index (χ0) is 29.3. The number of methoxy groups -OCH3 is 1. The van der Waals surface area contributed by atoms with Crippen molar-refractivity contribution in [3.8, 4) is 0 Å². The van der Waals surface area contributed by atoms with Crippen molar-refractivity contribution < 1.29 is 37.4 Å². The zero-order valence-corrected chi connectivity index (χ0v) is 22.6. The molecular formula is C26H34F3N5O5. The number of halogens is 3.